The summed E-state index contributed by atoms with van der Waals surface area (Å²) in [6.45, 7) is 1.71. The number of rotatable bonds is 1. The fourth-order valence-electron chi connectivity index (χ4n) is 1.64. The first-order valence-electron chi connectivity index (χ1n) is 4.98. The number of halogens is 4. The molecule has 2 rings (SSSR count). The van der Waals surface area contributed by atoms with Gasteiger partial charge in [-0.2, -0.15) is 18.3 Å². The first kappa shape index (κ1) is 12.9. The van der Waals surface area contributed by atoms with E-state index < -0.39 is 11.9 Å². The van der Waals surface area contributed by atoms with Crippen LogP contribution in [0.1, 0.15) is 11.3 Å². The van der Waals surface area contributed by atoms with Gasteiger partial charge in [0, 0.05) is 10.5 Å². The number of nitrogens with two attached hydrogens (primary N) is 1. The molecular weight excluding hydrogens is 311 g/mol. The summed E-state index contributed by atoms with van der Waals surface area (Å²) in [5.74, 6) is -0.162. The van der Waals surface area contributed by atoms with Crippen LogP contribution >= 0.6 is 15.9 Å². The Morgan fingerprint density at radius 2 is 1.94 bits per heavy atom. The van der Waals surface area contributed by atoms with Gasteiger partial charge in [0.15, 0.2) is 0 Å². The van der Waals surface area contributed by atoms with Crippen LogP contribution in [0.5, 0.6) is 0 Å². The summed E-state index contributed by atoms with van der Waals surface area (Å²) in [6, 6.07) is 5.75. The van der Waals surface area contributed by atoms with Crippen LogP contribution in [0.25, 0.3) is 5.69 Å². The molecule has 0 aliphatic heterocycles. The van der Waals surface area contributed by atoms with Gasteiger partial charge < -0.3 is 5.73 Å². The molecule has 0 saturated heterocycles. The number of hydrogen-bond donors (Lipinski definition) is 1. The van der Waals surface area contributed by atoms with Gasteiger partial charge in [-0.15, -0.1) is 0 Å². The molecule has 0 aliphatic rings. The first-order chi connectivity index (χ1) is 8.29. The van der Waals surface area contributed by atoms with Gasteiger partial charge in [0.25, 0.3) is 0 Å². The zero-order valence-corrected chi connectivity index (χ0v) is 10.9. The van der Waals surface area contributed by atoms with Gasteiger partial charge in [-0.05, 0) is 30.7 Å². The lowest BCUT2D eigenvalue weighted by Gasteiger charge is -2.12. The number of nitrogen functional groups attached to an aromatic ring is 1. The standard InChI is InChI=1S/C11H9BrF3N3/c1-6-4-7(12)2-3-8(6)18-9(11(13,14)15)5-10(16)17-18/h2-5H,1H3,(H2,16,17). The number of aryl methyl sites for hydroxylation is 1. The van der Waals surface area contributed by atoms with E-state index in [1.807, 2.05) is 0 Å². The van der Waals surface area contributed by atoms with E-state index in [9.17, 15) is 13.2 Å². The minimum absolute atomic E-state index is 0.162. The van der Waals surface area contributed by atoms with Crippen molar-refractivity contribution in [1.82, 2.24) is 9.78 Å². The molecule has 0 bridgehead atoms. The summed E-state index contributed by atoms with van der Waals surface area (Å²) < 4.78 is 40.1. The number of aromatic nitrogens is 2. The highest BCUT2D eigenvalue weighted by atomic mass is 79.9. The second kappa shape index (κ2) is 4.31. The van der Waals surface area contributed by atoms with Crippen molar-refractivity contribution in [1.29, 1.82) is 0 Å². The molecule has 2 aromatic rings. The summed E-state index contributed by atoms with van der Waals surface area (Å²) in [6.07, 6.45) is -4.50. The number of nitrogens with zero attached hydrogens (tertiary/aromatic N) is 2. The number of benzene rings is 1. The van der Waals surface area contributed by atoms with Crippen molar-refractivity contribution in [2.45, 2.75) is 13.1 Å². The molecule has 0 amide bonds. The molecule has 7 heteroatoms. The van der Waals surface area contributed by atoms with E-state index in [4.69, 9.17) is 5.73 Å². The lowest BCUT2D eigenvalue weighted by molar-refractivity contribution is -0.142. The molecule has 1 heterocycles. The van der Waals surface area contributed by atoms with Gasteiger partial charge in [0.1, 0.15) is 11.5 Å². The Hall–Kier alpha value is -1.50. The molecule has 0 aliphatic carbocycles. The van der Waals surface area contributed by atoms with Crippen molar-refractivity contribution in [3.8, 4) is 5.69 Å². The summed E-state index contributed by atoms with van der Waals surface area (Å²) in [4.78, 5) is 0. The predicted octanol–water partition coefficient (Wildman–Crippen LogP) is 3.54. The van der Waals surface area contributed by atoms with Gasteiger partial charge >= 0.3 is 6.18 Å². The third-order valence-electron chi connectivity index (χ3n) is 2.41. The van der Waals surface area contributed by atoms with E-state index in [0.29, 0.717) is 11.3 Å². The van der Waals surface area contributed by atoms with E-state index in [-0.39, 0.29) is 5.82 Å². The predicted molar refractivity (Wildman–Crippen MR) is 65.4 cm³/mol. The Bertz CT molecular complexity index is 590. The fraction of sp³-hybridized carbons (Fsp3) is 0.182. The van der Waals surface area contributed by atoms with Gasteiger partial charge in [-0.25, -0.2) is 4.68 Å². The fourth-order valence-corrected chi connectivity index (χ4v) is 2.12. The van der Waals surface area contributed by atoms with Crippen molar-refractivity contribution in [3.63, 3.8) is 0 Å². The summed E-state index contributed by atoms with van der Waals surface area (Å²) in [7, 11) is 0. The van der Waals surface area contributed by atoms with Gasteiger partial charge in [-0.1, -0.05) is 15.9 Å². The van der Waals surface area contributed by atoms with Crippen LogP contribution < -0.4 is 5.73 Å². The van der Waals surface area contributed by atoms with Crippen LogP contribution in [-0.4, -0.2) is 9.78 Å². The third kappa shape index (κ3) is 2.35. The Kier molecular flexibility index (Phi) is 3.10. The van der Waals surface area contributed by atoms with Crippen LogP contribution in [0.2, 0.25) is 0 Å². The average molecular weight is 320 g/mol. The Balaban J connectivity index is 2.64. The zero-order chi connectivity index (χ0) is 13.5. The minimum Gasteiger partial charge on any atom is -0.382 e. The molecule has 18 heavy (non-hydrogen) atoms. The highest BCUT2D eigenvalue weighted by Crippen LogP contribution is 2.33. The molecule has 0 saturated carbocycles. The second-order valence-corrected chi connectivity index (χ2v) is 4.71. The topological polar surface area (TPSA) is 43.8 Å². The second-order valence-electron chi connectivity index (χ2n) is 3.79. The number of hydrogen-bond acceptors (Lipinski definition) is 2. The molecule has 0 atom stereocenters. The number of anilines is 1. The quantitative estimate of drug-likeness (QED) is 0.873. The number of alkyl halides is 3. The van der Waals surface area contributed by atoms with Crippen molar-refractivity contribution in [2.75, 3.05) is 5.73 Å². The van der Waals surface area contributed by atoms with Crippen molar-refractivity contribution < 1.29 is 13.2 Å². The van der Waals surface area contributed by atoms with Crippen molar-refractivity contribution in [2.24, 2.45) is 0 Å². The van der Waals surface area contributed by atoms with Crippen LogP contribution in [0, 0.1) is 6.92 Å². The van der Waals surface area contributed by atoms with E-state index in [1.165, 1.54) is 0 Å². The van der Waals surface area contributed by atoms with Crippen molar-refractivity contribution in [3.05, 3.63) is 40.0 Å². The highest BCUT2D eigenvalue weighted by molar-refractivity contribution is 9.10. The third-order valence-corrected chi connectivity index (χ3v) is 2.90. The van der Waals surface area contributed by atoms with Crippen LogP contribution in [0.15, 0.2) is 28.7 Å². The average Bonchev–Trinajstić information content (AvgIpc) is 2.59. The monoisotopic (exact) mass is 319 g/mol. The molecule has 0 spiro atoms. The molecule has 96 valence electrons. The van der Waals surface area contributed by atoms with E-state index in [0.717, 1.165) is 15.2 Å². The van der Waals surface area contributed by atoms with Gasteiger partial charge in [0.2, 0.25) is 0 Å². The molecule has 0 unspecified atom stereocenters. The maximum Gasteiger partial charge on any atom is 0.433 e. The molecule has 0 radical (unpaired) electrons. The Morgan fingerprint density at radius 3 is 2.50 bits per heavy atom. The highest BCUT2D eigenvalue weighted by Gasteiger charge is 2.36. The SMILES string of the molecule is Cc1cc(Br)ccc1-n1nc(N)cc1C(F)(F)F. The molecule has 3 nitrogen and oxygen atoms in total. The molecule has 2 N–H and O–H groups in total. The maximum atomic E-state index is 12.8. The van der Waals surface area contributed by atoms with E-state index in [1.54, 1.807) is 25.1 Å². The summed E-state index contributed by atoms with van der Waals surface area (Å²) in [5, 5.41) is 3.70. The van der Waals surface area contributed by atoms with Gasteiger partial charge in [-0.3, -0.25) is 0 Å². The van der Waals surface area contributed by atoms with Crippen molar-refractivity contribution >= 4 is 21.7 Å². The van der Waals surface area contributed by atoms with Gasteiger partial charge in [0.05, 0.1) is 5.69 Å². The van der Waals surface area contributed by atoms with Crippen LogP contribution in [-0.2, 0) is 6.18 Å². The first-order valence-corrected chi connectivity index (χ1v) is 5.77. The maximum absolute atomic E-state index is 12.8. The molecular formula is C11H9BrF3N3. The van der Waals surface area contributed by atoms with E-state index >= 15 is 0 Å². The lowest BCUT2D eigenvalue weighted by atomic mass is 10.2. The molecule has 1 aromatic heterocycles. The smallest absolute Gasteiger partial charge is 0.382 e. The Labute approximate surface area is 110 Å². The Morgan fingerprint density at radius 1 is 1.28 bits per heavy atom. The van der Waals surface area contributed by atoms with Crippen LogP contribution in [0.3, 0.4) is 0 Å². The summed E-state index contributed by atoms with van der Waals surface area (Å²) >= 11 is 3.26. The van der Waals surface area contributed by atoms with E-state index in [2.05, 4.69) is 21.0 Å². The largest absolute Gasteiger partial charge is 0.433 e. The minimum atomic E-state index is -4.50. The zero-order valence-electron chi connectivity index (χ0n) is 9.29. The molecule has 1 aromatic carbocycles. The summed E-state index contributed by atoms with van der Waals surface area (Å²) in [5.41, 5.74) is 5.48. The van der Waals surface area contributed by atoms with Crippen LogP contribution in [0.4, 0.5) is 19.0 Å². The molecule has 0 fully saturated rings. The lowest BCUT2D eigenvalue weighted by Crippen LogP contribution is -2.13. The normalized spacial score (nSPS) is 11.8.